The summed E-state index contributed by atoms with van der Waals surface area (Å²) in [7, 11) is 6.68. The third-order valence-electron chi connectivity index (χ3n) is 4.14. The average Bonchev–Trinajstić information content (AvgIpc) is 2.49. The Morgan fingerprint density at radius 1 is 0.895 bits per heavy atom. The largest absolute Gasteiger partial charge is 0.256 e. The van der Waals surface area contributed by atoms with Crippen molar-refractivity contribution in [1.82, 2.24) is 4.98 Å². The fourth-order valence-corrected chi connectivity index (χ4v) is 3.09. The maximum absolute atomic E-state index is 6.68. The number of rotatable bonds is 2. The molecule has 19 heavy (non-hydrogen) atoms. The summed E-state index contributed by atoms with van der Waals surface area (Å²) in [5, 5.41) is -0.197. The van der Waals surface area contributed by atoms with Gasteiger partial charge in [-0.1, -0.05) is 68.5 Å². The lowest BCUT2D eigenvalue weighted by Gasteiger charge is -2.35. The standard InChI is InChI=1S/C17H18BN/c18-17(11-5-2-6-12-17)15-10-7-13-19-16(15)14-8-3-1-4-9-14/h1,3-4,7-10,13H,2,5-6,11-12H2. The Hall–Kier alpha value is -1.57. The Morgan fingerprint density at radius 3 is 2.37 bits per heavy atom. The van der Waals surface area contributed by atoms with Crippen LogP contribution in [-0.2, 0) is 5.31 Å². The highest BCUT2D eigenvalue weighted by Gasteiger charge is 2.30. The molecule has 2 radical (unpaired) electrons. The molecule has 1 saturated carbocycles. The van der Waals surface area contributed by atoms with Crippen LogP contribution in [0.1, 0.15) is 37.7 Å². The molecule has 94 valence electrons. The summed E-state index contributed by atoms with van der Waals surface area (Å²) in [4.78, 5) is 4.59. The number of aromatic nitrogens is 1. The lowest BCUT2D eigenvalue weighted by Crippen LogP contribution is -2.30. The van der Waals surface area contributed by atoms with Crippen LogP contribution in [0, 0.1) is 0 Å². The summed E-state index contributed by atoms with van der Waals surface area (Å²) in [6, 6.07) is 14.5. The summed E-state index contributed by atoms with van der Waals surface area (Å²) in [6.45, 7) is 0. The first kappa shape index (κ1) is 12.5. The third-order valence-corrected chi connectivity index (χ3v) is 4.14. The van der Waals surface area contributed by atoms with Crippen molar-refractivity contribution in [3.8, 4) is 11.3 Å². The molecule has 1 aromatic carbocycles. The van der Waals surface area contributed by atoms with Crippen LogP contribution in [0.2, 0.25) is 0 Å². The molecular weight excluding hydrogens is 229 g/mol. The van der Waals surface area contributed by atoms with Crippen LogP contribution in [0.25, 0.3) is 11.3 Å². The van der Waals surface area contributed by atoms with Crippen molar-refractivity contribution in [2.45, 2.75) is 37.4 Å². The Balaban J connectivity index is 2.07. The van der Waals surface area contributed by atoms with E-state index in [1.807, 2.05) is 18.3 Å². The van der Waals surface area contributed by atoms with Gasteiger partial charge in [-0.15, -0.1) is 0 Å². The molecule has 0 N–H and O–H groups in total. The molecule has 1 heterocycles. The maximum atomic E-state index is 6.68. The molecule has 0 amide bonds. The summed E-state index contributed by atoms with van der Waals surface area (Å²) < 4.78 is 0. The van der Waals surface area contributed by atoms with Gasteiger partial charge in [-0.3, -0.25) is 4.98 Å². The molecule has 1 aromatic heterocycles. The molecule has 0 spiro atoms. The second kappa shape index (κ2) is 5.20. The van der Waals surface area contributed by atoms with Gasteiger partial charge in [0.25, 0.3) is 0 Å². The van der Waals surface area contributed by atoms with E-state index in [1.165, 1.54) is 24.8 Å². The smallest absolute Gasteiger partial charge is 0.0811 e. The van der Waals surface area contributed by atoms with Gasteiger partial charge in [0, 0.05) is 11.8 Å². The van der Waals surface area contributed by atoms with Gasteiger partial charge in [-0.05, 0) is 16.9 Å². The minimum Gasteiger partial charge on any atom is -0.256 e. The summed E-state index contributed by atoms with van der Waals surface area (Å²) in [6.07, 6.45) is 7.74. The van der Waals surface area contributed by atoms with Crippen LogP contribution in [0.4, 0.5) is 0 Å². The van der Waals surface area contributed by atoms with Crippen molar-refractivity contribution in [3.05, 3.63) is 54.2 Å². The molecule has 0 atom stereocenters. The lowest BCUT2D eigenvalue weighted by atomic mass is 9.56. The molecule has 3 rings (SSSR count). The van der Waals surface area contributed by atoms with Crippen LogP contribution in [0.5, 0.6) is 0 Å². The van der Waals surface area contributed by atoms with Gasteiger partial charge in [-0.25, -0.2) is 0 Å². The topological polar surface area (TPSA) is 12.9 Å². The summed E-state index contributed by atoms with van der Waals surface area (Å²) in [5.74, 6) is 0. The number of nitrogens with zero attached hydrogens (tertiary/aromatic N) is 1. The van der Waals surface area contributed by atoms with E-state index in [0.29, 0.717) is 0 Å². The Labute approximate surface area is 116 Å². The molecule has 2 heteroatoms. The van der Waals surface area contributed by atoms with Crippen LogP contribution in [0.15, 0.2) is 48.7 Å². The molecule has 0 bridgehead atoms. The van der Waals surface area contributed by atoms with Gasteiger partial charge in [0.15, 0.2) is 0 Å². The van der Waals surface area contributed by atoms with E-state index in [0.717, 1.165) is 24.1 Å². The van der Waals surface area contributed by atoms with Crippen LogP contribution in [-0.4, -0.2) is 12.8 Å². The van der Waals surface area contributed by atoms with Gasteiger partial charge in [0.05, 0.1) is 13.5 Å². The normalized spacial score (nSPS) is 18.1. The Morgan fingerprint density at radius 2 is 1.63 bits per heavy atom. The van der Waals surface area contributed by atoms with Crippen molar-refractivity contribution in [1.29, 1.82) is 0 Å². The molecule has 0 unspecified atom stereocenters. The van der Waals surface area contributed by atoms with E-state index in [2.05, 4.69) is 35.3 Å². The van der Waals surface area contributed by atoms with Crippen molar-refractivity contribution in [2.24, 2.45) is 0 Å². The summed E-state index contributed by atoms with van der Waals surface area (Å²) >= 11 is 0. The quantitative estimate of drug-likeness (QED) is 0.729. The van der Waals surface area contributed by atoms with Crippen LogP contribution in [0.3, 0.4) is 0 Å². The first-order chi connectivity index (χ1) is 9.30. The maximum Gasteiger partial charge on any atom is 0.0811 e. The Bertz CT molecular complexity index is 544. The molecule has 1 nitrogen and oxygen atoms in total. The Kier molecular flexibility index (Phi) is 3.41. The van der Waals surface area contributed by atoms with Crippen molar-refractivity contribution < 1.29 is 0 Å². The highest BCUT2D eigenvalue weighted by Crippen LogP contribution is 2.40. The minimum atomic E-state index is -0.197. The first-order valence-electron chi connectivity index (χ1n) is 7.09. The fourth-order valence-electron chi connectivity index (χ4n) is 3.09. The molecule has 1 aliphatic rings. The van der Waals surface area contributed by atoms with E-state index < -0.39 is 0 Å². The monoisotopic (exact) mass is 247 g/mol. The molecule has 2 aromatic rings. The van der Waals surface area contributed by atoms with E-state index in [1.54, 1.807) is 0 Å². The number of hydrogen-bond donors (Lipinski definition) is 0. The number of pyridine rings is 1. The predicted octanol–water partition coefficient (Wildman–Crippen LogP) is 4.08. The average molecular weight is 247 g/mol. The third kappa shape index (κ3) is 2.44. The SMILES string of the molecule is [B]C1(c2cccnc2-c2ccccc2)CCCCC1. The first-order valence-corrected chi connectivity index (χ1v) is 7.09. The van der Waals surface area contributed by atoms with E-state index in [9.17, 15) is 0 Å². The molecule has 1 aliphatic carbocycles. The number of hydrogen-bond acceptors (Lipinski definition) is 1. The van der Waals surface area contributed by atoms with E-state index in [-0.39, 0.29) is 5.31 Å². The van der Waals surface area contributed by atoms with Crippen molar-refractivity contribution in [3.63, 3.8) is 0 Å². The predicted molar refractivity (Wildman–Crippen MR) is 80.2 cm³/mol. The highest BCUT2D eigenvalue weighted by atomic mass is 14.7. The van der Waals surface area contributed by atoms with E-state index in [4.69, 9.17) is 7.85 Å². The minimum absolute atomic E-state index is 0.197. The molecule has 1 fully saturated rings. The zero-order valence-electron chi connectivity index (χ0n) is 11.2. The van der Waals surface area contributed by atoms with Crippen molar-refractivity contribution in [2.75, 3.05) is 0 Å². The molecule has 0 saturated heterocycles. The van der Waals surface area contributed by atoms with Crippen LogP contribution < -0.4 is 0 Å². The summed E-state index contributed by atoms with van der Waals surface area (Å²) in [5.41, 5.74) is 3.42. The van der Waals surface area contributed by atoms with Gasteiger partial charge in [-0.2, -0.15) is 0 Å². The van der Waals surface area contributed by atoms with Gasteiger partial charge >= 0.3 is 0 Å². The van der Waals surface area contributed by atoms with Gasteiger partial charge in [0.2, 0.25) is 0 Å². The van der Waals surface area contributed by atoms with Crippen LogP contribution >= 0.6 is 0 Å². The molecular formula is C17H18BN. The number of benzene rings is 1. The van der Waals surface area contributed by atoms with Gasteiger partial charge in [0.1, 0.15) is 0 Å². The second-order valence-electron chi connectivity index (χ2n) is 5.48. The zero-order chi connectivity index (χ0) is 13.1. The second-order valence-corrected chi connectivity index (χ2v) is 5.48. The lowest BCUT2D eigenvalue weighted by molar-refractivity contribution is 0.398. The van der Waals surface area contributed by atoms with E-state index >= 15 is 0 Å². The van der Waals surface area contributed by atoms with Gasteiger partial charge < -0.3 is 0 Å². The molecule has 0 aliphatic heterocycles. The fraction of sp³-hybridized carbons (Fsp3) is 0.353. The van der Waals surface area contributed by atoms with Crippen molar-refractivity contribution >= 4 is 7.85 Å². The zero-order valence-corrected chi connectivity index (χ0v) is 11.2. The highest BCUT2D eigenvalue weighted by molar-refractivity contribution is 6.16.